The van der Waals surface area contributed by atoms with Crippen molar-refractivity contribution >= 4 is 46.4 Å². The van der Waals surface area contributed by atoms with Crippen LogP contribution in [0.15, 0.2) is 30.3 Å². The standard InChI is InChI=1S/C15H13Cl4NO/c1-2-20-8-9-3-4-10(5-11(9)16)21-15-7-13(18)12(17)6-14(15)19/h3-7,20H,2,8H2,1H3. The van der Waals surface area contributed by atoms with E-state index in [1.165, 1.54) is 0 Å². The average Bonchev–Trinajstić information content (AvgIpc) is 2.44. The fraction of sp³-hybridized carbons (Fsp3) is 0.200. The highest BCUT2D eigenvalue weighted by Gasteiger charge is 2.09. The van der Waals surface area contributed by atoms with Gasteiger partial charge in [-0.25, -0.2) is 0 Å². The summed E-state index contributed by atoms with van der Waals surface area (Å²) in [6.07, 6.45) is 0. The molecule has 0 saturated heterocycles. The average molecular weight is 365 g/mol. The van der Waals surface area contributed by atoms with E-state index >= 15 is 0 Å². The molecule has 0 saturated carbocycles. The lowest BCUT2D eigenvalue weighted by atomic mass is 10.2. The zero-order chi connectivity index (χ0) is 15.4. The number of nitrogens with one attached hydrogen (secondary N) is 1. The molecule has 0 amide bonds. The van der Waals surface area contributed by atoms with E-state index < -0.39 is 0 Å². The summed E-state index contributed by atoms with van der Waals surface area (Å²) in [7, 11) is 0. The molecule has 0 fully saturated rings. The second kappa shape index (κ2) is 7.57. The Kier molecular flexibility index (Phi) is 6.03. The summed E-state index contributed by atoms with van der Waals surface area (Å²) < 4.78 is 5.71. The Balaban J connectivity index is 2.20. The zero-order valence-corrected chi connectivity index (χ0v) is 14.2. The van der Waals surface area contributed by atoms with Gasteiger partial charge in [-0.2, -0.15) is 0 Å². The fourth-order valence-electron chi connectivity index (χ4n) is 1.70. The van der Waals surface area contributed by atoms with Crippen molar-refractivity contribution in [3.8, 4) is 11.5 Å². The predicted molar refractivity (Wildman–Crippen MR) is 90.4 cm³/mol. The van der Waals surface area contributed by atoms with Crippen LogP contribution in [0.5, 0.6) is 11.5 Å². The SMILES string of the molecule is CCNCc1ccc(Oc2cc(Cl)c(Cl)cc2Cl)cc1Cl. The Morgan fingerprint density at radius 3 is 2.29 bits per heavy atom. The smallest absolute Gasteiger partial charge is 0.147 e. The van der Waals surface area contributed by atoms with E-state index in [4.69, 9.17) is 51.1 Å². The maximum atomic E-state index is 6.23. The lowest BCUT2D eigenvalue weighted by Crippen LogP contribution is -2.11. The molecular formula is C15H13Cl4NO. The van der Waals surface area contributed by atoms with E-state index in [1.54, 1.807) is 18.2 Å². The van der Waals surface area contributed by atoms with E-state index in [2.05, 4.69) is 5.32 Å². The number of halogens is 4. The molecule has 0 spiro atoms. The number of rotatable bonds is 5. The van der Waals surface area contributed by atoms with Gasteiger partial charge in [-0.1, -0.05) is 59.4 Å². The molecule has 2 aromatic rings. The lowest BCUT2D eigenvalue weighted by Gasteiger charge is -2.11. The van der Waals surface area contributed by atoms with E-state index in [1.807, 2.05) is 19.1 Å². The highest BCUT2D eigenvalue weighted by molar-refractivity contribution is 6.43. The Bertz CT molecular complexity index is 646. The van der Waals surface area contributed by atoms with Crippen molar-refractivity contribution in [1.82, 2.24) is 5.32 Å². The molecule has 112 valence electrons. The third-order valence-corrected chi connectivity index (χ3v) is 4.16. The van der Waals surface area contributed by atoms with Gasteiger partial charge in [0.15, 0.2) is 0 Å². The fourth-order valence-corrected chi connectivity index (χ4v) is 2.52. The van der Waals surface area contributed by atoms with Crippen molar-refractivity contribution in [2.75, 3.05) is 6.54 Å². The molecule has 1 N–H and O–H groups in total. The molecule has 2 rings (SSSR count). The van der Waals surface area contributed by atoms with Gasteiger partial charge in [0.25, 0.3) is 0 Å². The van der Waals surface area contributed by atoms with E-state index in [0.717, 1.165) is 12.1 Å². The summed E-state index contributed by atoms with van der Waals surface area (Å²) in [6, 6.07) is 8.60. The number of hydrogen-bond acceptors (Lipinski definition) is 2. The van der Waals surface area contributed by atoms with Crippen LogP contribution in [0.4, 0.5) is 0 Å². The van der Waals surface area contributed by atoms with Gasteiger partial charge < -0.3 is 10.1 Å². The van der Waals surface area contributed by atoms with Crippen molar-refractivity contribution in [3.05, 3.63) is 56.0 Å². The Morgan fingerprint density at radius 1 is 0.905 bits per heavy atom. The number of benzene rings is 2. The number of hydrogen-bond donors (Lipinski definition) is 1. The van der Waals surface area contributed by atoms with Gasteiger partial charge in [0, 0.05) is 17.6 Å². The molecule has 0 atom stereocenters. The minimum absolute atomic E-state index is 0.380. The van der Waals surface area contributed by atoms with Crippen molar-refractivity contribution < 1.29 is 4.74 Å². The summed E-state index contributed by atoms with van der Waals surface area (Å²) >= 11 is 24.2. The summed E-state index contributed by atoms with van der Waals surface area (Å²) in [6.45, 7) is 3.63. The van der Waals surface area contributed by atoms with Gasteiger partial charge in [-0.05, 0) is 30.3 Å². The van der Waals surface area contributed by atoms with Gasteiger partial charge in [-0.3, -0.25) is 0 Å². The minimum Gasteiger partial charge on any atom is -0.456 e. The first-order valence-corrected chi connectivity index (χ1v) is 7.84. The lowest BCUT2D eigenvalue weighted by molar-refractivity contribution is 0.482. The topological polar surface area (TPSA) is 21.3 Å². The quantitative estimate of drug-likeness (QED) is 0.637. The molecule has 0 aliphatic heterocycles. The molecule has 0 aliphatic rings. The van der Waals surface area contributed by atoms with Crippen molar-refractivity contribution in [2.45, 2.75) is 13.5 Å². The van der Waals surface area contributed by atoms with Crippen molar-refractivity contribution in [1.29, 1.82) is 0 Å². The molecular weight excluding hydrogens is 352 g/mol. The van der Waals surface area contributed by atoms with Crippen LogP contribution in [0, 0.1) is 0 Å². The maximum absolute atomic E-state index is 6.23. The van der Waals surface area contributed by atoms with Gasteiger partial charge in [0.1, 0.15) is 11.5 Å². The highest BCUT2D eigenvalue weighted by atomic mass is 35.5. The second-order valence-electron chi connectivity index (χ2n) is 4.33. The largest absolute Gasteiger partial charge is 0.456 e. The monoisotopic (exact) mass is 363 g/mol. The summed E-state index contributed by atoms with van der Waals surface area (Å²) in [4.78, 5) is 0. The normalized spacial score (nSPS) is 10.7. The first kappa shape index (κ1) is 16.7. The van der Waals surface area contributed by atoms with Crippen LogP contribution in [0.25, 0.3) is 0 Å². The molecule has 6 heteroatoms. The van der Waals surface area contributed by atoms with Gasteiger partial charge >= 0.3 is 0 Å². The Hall–Kier alpha value is -0.640. The third-order valence-electron chi connectivity index (χ3n) is 2.79. The minimum atomic E-state index is 0.380. The first-order chi connectivity index (χ1) is 10.0. The van der Waals surface area contributed by atoms with Gasteiger partial charge in [0.05, 0.1) is 15.1 Å². The summed E-state index contributed by atoms with van der Waals surface area (Å²) in [5.74, 6) is 1.02. The molecule has 2 aromatic carbocycles. The molecule has 0 unspecified atom stereocenters. The van der Waals surface area contributed by atoms with Crippen molar-refractivity contribution in [2.24, 2.45) is 0 Å². The van der Waals surface area contributed by atoms with Crippen LogP contribution in [0.1, 0.15) is 12.5 Å². The Labute approximate surface area is 143 Å². The molecule has 2 nitrogen and oxygen atoms in total. The molecule has 0 aliphatic carbocycles. The summed E-state index contributed by atoms with van der Waals surface area (Å²) in [5.41, 5.74) is 1.01. The van der Waals surface area contributed by atoms with E-state index in [0.29, 0.717) is 38.1 Å². The zero-order valence-electron chi connectivity index (χ0n) is 11.2. The van der Waals surface area contributed by atoms with E-state index in [9.17, 15) is 0 Å². The third kappa shape index (κ3) is 4.41. The summed E-state index contributed by atoms with van der Waals surface area (Å²) in [5, 5.41) is 5.00. The maximum Gasteiger partial charge on any atom is 0.147 e. The van der Waals surface area contributed by atoms with E-state index in [-0.39, 0.29) is 0 Å². The van der Waals surface area contributed by atoms with Crippen LogP contribution in [0.2, 0.25) is 20.1 Å². The van der Waals surface area contributed by atoms with Crippen LogP contribution >= 0.6 is 46.4 Å². The first-order valence-electron chi connectivity index (χ1n) is 6.32. The van der Waals surface area contributed by atoms with Crippen LogP contribution in [-0.4, -0.2) is 6.54 Å². The molecule has 0 bridgehead atoms. The van der Waals surface area contributed by atoms with Gasteiger partial charge in [-0.15, -0.1) is 0 Å². The molecule has 0 radical (unpaired) electrons. The van der Waals surface area contributed by atoms with Gasteiger partial charge in [0.2, 0.25) is 0 Å². The highest BCUT2D eigenvalue weighted by Crippen LogP contribution is 2.37. The van der Waals surface area contributed by atoms with Crippen LogP contribution in [-0.2, 0) is 6.54 Å². The molecule has 0 heterocycles. The van der Waals surface area contributed by atoms with Crippen LogP contribution < -0.4 is 10.1 Å². The number of ether oxygens (including phenoxy) is 1. The van der Waals surface area contributed by atoms with Crippen LogP contribution in [0.3, 0.4) is 0 Å². The second-order valence-corrected chi connectivity index (χ2v) is 5.96. The predicted octanol–water partition coefficient (Wildman–Crippen LogP) is 6.20. The molecule has 0 aromatic heterocycles. The Morgan fingerprint density at radius 2 is 1.62 bits per heavy atom. The molecule has 21 heavy (non-hydrogen) atoms. The van der Waals surface area contributed by atoms with Crippen molar-refractivity contribution in [3.63, 3.8) is 0 Å².